The van der Waals surface area contributed by atoms with Crippen LogP contribution < -0.4 is 0 Å². The molecule has 0 saturated heterocycles. The van der Waals surface area contributed by atoms with E-state index in [2.05, 4.69) is 4.98 Å². The summed E-state index contributed by atoms with van der Waals surface area (Å²) in [6, 6.07) is 8.85. The molecule has 0 bridgehead atoms. The first-order chi connectivity index (χ1) is 9.08. The molecule has 3 heteroatoms. The number of aromatic amines is 1. The number of aryl methyl sites for hydroxylation is 2. The molecule has 0 spiro atoms. The van der Waals surface area contributed by atoms with Crippen LogP contribution in [0.1, 0.15) is 37.7 Å². The van der Waals surface area contributed by atoms with E-state index in [1.807, 2.05) is 19.9 Å². The molecule has 0 fully saturated rings. The van der Waals surface area contributed by atoms with Crippen molar-refractivity contribution in [2.24, 2.45) is 0 Å². The van der Waals surface area contributed by atoms with Crippen LogP contribution in [0.4, 0.5) is 0 Å². The van der Waals surface area contributed by atoms with Crippen LogP contribution in [0.3, 0.4) is 0 Å². The predicted molar refractivity (Wildman–Crippen MR) is 73.3 cm³/mol. The van der Waals surface area contributed by atoms with Gasteiger partial charge in [0.1, 0.15) is 0 Å². The maximum Gasteiger partial charge on any atom is 0.194 e. The van der Waals surface area contributed by atoms with Crippen LogP contribution in [0.2, 0.25) is 0 Å². The molecular weight excluding hydrogens is 238 g/mol. The van der Waals surface area contributed by atoms with Crippen molar-refractivity contribution in [2.45, 2.75) is 13.8 Å². The van der Waals surface area contributed by atoms with Crippen LogP contribution in [-0.2, 0) is 0 Å². The third-order valence-electron chi connectivity index (χ3n) is 3.40. The number of H-pyrrole nitrogens is 1. The minimum Gasteiger partial charge on any atom is -0.362 e. The summed E-state index contributed by atoms with van der Waals surface area (Å²) in [6.07, 6.45) is 1.44. The summed E-state index contributed by atoms with van der Waals surface area (Å²) >= 11 is 0. The van der Waals surface area contributed by atoms with Crippen molar-refractivity contribution in [1.82, 2.24) is 4.98 Å². The Hall–Kier alpha value is -2.42. The Labute approximate surface area is 111 Å². The van der Waals surface area contributed by atoms with Crippen LogP contribution in [0.5, 0.6) is 0 Å². The van der Waals surface area contributed by atoms with E-state index in [4.69, 9.17) is 0 Å². The van der Waals surface area contributed by atoms with Crippen molar-refractivity contribution in [1.29, 1.82) is 0 Å². The highest BCUT2D eigenvalue weighted by Gasteiger charge is 2.27. The normalized spacial score (nSPS) is 14.3. The second-order valence-electron chi connectivity index (χ2n) is 4.79. The maximum absolute atomic E-state index is 12.5. The minimum absolute atomic E-state index is 0.0858. The van der Waals surface area contributed by atoms with Gasteiger partial charge in [0, 0.05) is 33.7 Å². The number of ketones is 2. The minimum atomic E-state index is -0.108. The number of carbonyl (C=O) groups excluding carboxylic acids is 2. The van der Waals surface area contributed by atoms with Gasteiger partial charge in [-0.1, -0.05) is 24.3 Å². The molecule has 1 N–H and O–H groups in total. The molecule has 1 aromatic heterocycles. The van der Waals surface area contributed by atoms with Gasteiger partial charge >= 0.3 is 0 Å². The Morgan fingerprint density at radius 1 is 0.947 bits per heavy atom. The largest absolute Gasteiger partial charge is 0.362 e. The summed E-state index contributed by atoms with van der Waals surface area (Å²) in [5.74, 6) is -0.194. The third kappa shape index (κ3) is 1.74. The highest BCUT2D eigenvalue weighted by atomic mass is 16.1. The highest BCUT2D eigenvalue weighted by molar-refractivity contribution is 6.38. The molecular formula is C16H13NO2. The molecule has 94 valence electrons. The molecule has 2 aromatic rings. The van der Waals surface area contributed by atoms with Crippen LogP contribution >= 0.6 is 0 Å². The number of fused-ring (bicyclic) bond motifs is 1. The van der Waals surface area contributed by atoms with E-state index < -0.39 is 0 Å². The first-order valence-corrected chi connectivity index (χ1v) is 6.14. The first-order valence-electron chi connectivity index (χ1n) is 6.14. The first kappa shape index (κ1) is 11.7. The Balaban J connectivity index is 2.18. The topological polar surface area (TPSA) is 49.9 Å². The molecule has 0 unspecified atom stereocenters. The fraction of sp³-hybridized carbons (Fsp3) is 0.125. The van der Waals surface area contributed by atoms with E-state index in [0.717, 1.165) is 17.0 Å². The summed E-state index contributed by atoms with van der Waals surface area (Å²) in [4.78, 5) is 27.7. The van der Waals surface area contributed by atoms with Crippen LogP contribution in [0.25, 0.3) is 5.57 Å². The van der Waals surface area contributed by atoms with Crippen LogP contribution in [0, 0.1) is 13.8 Å². The number of allylic oxidation sites excluding steroid dienone is 2. The van der Waals surface area contributed by atoms with E-state index in [1.54, 1.807) is 24.3 Å². The summed E-state index contributed by atoms with van der Waals surface area (Å²) < 4.78 is 0. The lowest BCUT2D eigenvalue weighted by Gasteiger charge is -2.14. The average Bonchev–Trinajstić information content (AvgIpc) is 2.73. The average molecular weight is 251 g/mol. The monoisotopic (exact) mass is 251 g/mol. The van der Waals surface area contributed by atoms with Gasteiger partial charge < -0.3 is 4.98 Å². The zero-order chi connectivity index (χ0) is 13.6. The van der Waals surface area contributed by atoms with Crippen LogP contribution in [0.15, 0.2) is 36.4 Å². The number of hydrogen-bond donors (Lipinski definition) is 1. The lowest BCUT2D eigenvalue weighted by molar-refractivity contribution is 0.100. The van der Waals surface area contributed by atoms with E-state index in [1.165, 1.54) is 6.08 Å². The quantitative estimate of drug-likeness (QED) is 0.846. The Morgan fingerprint density at radius 3 is 2.26 bits per heavy atom. The molecule has 1 heterocycles. The molecule has 0 saturated carbocycles. The lowest BCUT2D eigenvalue weighted by atomic mass is 9.86. The Morgan fingerprint density at radius 2 is 1.63 bits per heavy atom. The van der Waals surface area contributed by atoms with Gasteiger partial charge in [-0.25, -0.2) is 0 Å². The molecule has 1 aromatic carbocycles. The third-order valence-corrected chi connectivity index (χ3v) is 3.40. The molecule has 1 aliphatic rings. The van der Waals surface area contributed by atoms with Gasteiger partial charge in [-0.15, -0.1) is 0 Å². The summed E-state index contributed by atoms with van der Waals surface area (Å²) in [5, 5.41) is 0. The van der Waals surface area contributed by atoms with Crippen molar-refractivity contribution in [3.05, 3.63) is 64.5 Å². The number of benzene rings is 1. The van der Waals surface area contributed by atoms with Gasteiger partial charge in [-0.3, -0.25) is 9.59 Å². The van der Waals surface area contributed by atoms with Gasteiger partial charge in [0.25, 0.3) is 0 Å². The maximum atomic E-state index is 12.5. The van der Waals surface area contributed by atoms with Gasteiger partial charge in [-0.2, -0.15) is 0 Å². The predicted octanol–water partition coefficient (Wildman–Crippen LogP) is 3.09. The molecule has 3 rings (SSSR count). The van der Waals surface area contributed by atoms with Gasteiger partial charge in [0.2, 0.25) is 0 Å². The van der Waals surface area contributed by atoms with Crippen molar-refractivity contribution in [3.8, 4) is 0 Å². The summed E-state index contributed by atoms with van der Waals surface area (Å²) in [6.45, 7) is 3.83. The Kier molecular flexibility index (Phi) is 2.49. The molecule has 0 radical (unpaired) electrons. The molecule has 0 aliphatic heterocycles. The van der Waals surface area contributed by atoms with Gasteiger partial charge in [0.05, 0.1) is 0 Å². The van der Waals surface area contributed by atoms with E-state index in [9.17, 15) is 9.59 Å². The van der Waals surface area contributed by atoms with E-state index in [0.29, 0.717) is 16.7 Å². The smallest absolute Gasteiger partial charge is 0.194 e. The fourth-order valence-corrected chi connectivity index (χ4v) is 2.52. The standard InChI is InChI=1S/C16H13NO2/c1-9-7-13(10(2)17-9)14-8-15(18)11-5-3-4-6-12(11)16(14)19/h3-8,17H,1-2H3. The van der Waals surface area contributed by atoms with Crippen LogP contribution in [-0.4, -0.2) is 16.6 Å². The highest BCUT2D eigenvalue weighted by Crippen LogP contribution is 2.29. The number of aromatic nitrogens is 1. The number of rotatable bonds is 1. The number of nitrogens with one attached hydrogen (secondary N) is 1. The zero-order valence-corrected chi connectivity index (χ0v) is 10.8. The number of hydrogen-bond acceptors (Lipinski definition) is 2. The van der Waals surface area contributed by atoms with Crippen molar-refractivity contribution in [2.75, 3.05) is 0 Å². The summed E-state index contributed by atoms with van der Waals surface area (Å²) in [7, 11) is 0. The van der Waals surface area contributed by atoms with Gasteiger partial charge in [-0.05, 0) is 26.0 Å². The molecule has 3 nitrogen and oxygen atoms in total. The summed E-state index contributed by atoms with van der Waals surface area (Å²) in [5.41, 5.74) is 4.15. The molecule has 1 aliphatic carbocycles. The van der Waals surface area contributed by atoms with E-state index >= 15 is 0 Å². The van der Waals surface area contributed by atoms with Crippen molar-refractivity contribution < 1.29 is 9.59 Å². The molecule has 0 amide bonds. The molecule has 19 heavy (non-hydrogen) atoms. The van der Waals surface area contributed by atoms with Gasteiger partial charge in [0.15, 0.2) is 11.6 Å². The fourth-order valence-electron chi connectivity index (χ4n) is 2.52. The Bertz CT molecular complexity index is 735. The number of Topliss-reactive ketones (excluding diaryl/α,β-unsaturated/α-hetero) is 1. The van der Waals surface area contributed by atoms with E-state index in [-0.39, 0.29) is 11.6 Å². The zero-order valence-electron chi connectivity index (χ0n) is 10.8. The number of carbonyl (C=O) groups is 2. The SMILES string of the molecule is Cc1cc(C2=CC(=O)c3ccccc3C2=O)c(C)[nH]1. The lowest BCUT2D eigenvalue weighted by Crippen LogP contribution is -2.16. The van der Waals surface area contributed by atoms with Crippen molar-refractivity contribution in [3.63, 3.8) is 0 Å². The second-order valence-corrected chi connectivity index (χ2v) is 4.79. The molecule has 0 atom stereocenters. The van der Waals surface area contributed by atoms with Crippen molar-refractivity contribution >= 4 is 17.1 Å². The second kappa shape index (κ2) is 4.05.